The first kappa shape index (κ1) is 20.7. The van der Waals surface area contributed by atoms with Gasteiger partial charge in [0.25, 0.3) is 0 Å². The van der Waals surface area contributed by atoms with Gasteiger partial charge in [-0.25, -0.2) is 0 Å². The molecule has 1 unspecified atom stereocenters. The molecule has 0 saturated carbocycles. The van der Waals surface area contributed by atoms with Gasteiger partial charge >= 0.3 is 0 Å². The molecule has 3 nitrogen and oxygen atoms in total. The smallest absolute Gasteiger partial charge is 0.122 e. The van der Waals surface area contributed by atoms with Crippen LogP contribution in [0.5, 0.6) is 11.5 Å². The van der Waals surface area contributed by atoms with Crippen LogP contribution in [0.25, 0.3) is 0 Å². The minimum atomic E-state index is 0.671. The van der Waals surface area contributed by atoms with Gasteiger partial charge in [0.2, 0.25) is 0 Å². The molecule has 3 rings (SSSR count). The fraction of sp³-hybridized carbons (Fsp3) is 0.520. The van der Waals surface area contributed by atoms with Crippen LogP contribution in [0, 0.1) is 0 Å². The molecule has 0 spiro atoms. The first-order chi connectivity index (χ1) is 13.8. The van der Waals surface area contributed by atoms with E-state index < -0.39 is 0 Å². The Bertz CT molecular complexity index is 701. The molecule has 3 heteroatoms. The number of rotatable bonds is 11. The lowest BCUT2D eigenvalue weighted by molar-refractivity contribution is 0.232. The Labute approximate surface area is 170 Å². The first-order valence-corrected chi connectivity index (χ1v) is 10.9. The zero-order valence-corrected chi connectivity index (χ0v) is 17.5. The van der Waals surface area contributed by atoms with Gasteiger partial charge in [0.1, 0.15) is 11.5 Å². The summed E-state index contributed by atoms with van der Waals surface area (Å²) in [6.45, 7) is 4.97. The van der Waals surface area contributed by atoms with E-state index in [2.05, 4.69) is 67.4 Å². The summed E-state index contributed by atoms with van der Waals surface area (Å²) in [7, 11) is 2.23. The predicted molar refractivity (Wildman–Crippen MR) is 116 cm³/mol. The molecule has 1 fully saturated rings. The van der Waals surface area contributed by atoms with Gasteiger partial charge in [-0.3, -0.25) is 0 Å². The summed E-state index contributed by atoms with van der Waals surface area (Å²) in [6.07, 6.45) is 7.93. The molecular formula is C25H35NO2. The van der Waals surface area contributed by atoms with Crippen molar-refractivity contribution in [2.45, 2.75) is 57.9 Å². The zero-order chi connectivity index (χ0) is 19.6. The number of benzene rings is 2. The maximum Gasteiger partial charge on any atom is 0.122 e. The molecule has 1 atom stereocenters. The molecule has 2 aromatic carbocycles. The van der Waals surface area contributed by atoms with E-state index in [1.54, 1.807) is 0 Å². The van der Waals surface area contributed by atoms with E-state index in [4.69, 9.17) is 9.47 Å². The van der Waals surface area contributed by atoms with Gasteiger partial charge in [0.15, 0.2) is 0 Å². The normalized spacial score (nSPS) is 17.0. The van der Waals surface area contributed by atoms with Crippen molar-refractivity contribution >= 4 is 0 Å². The maximum atomic E-state index is 6.23. The third kappa shape index (κ3) is 6.27. The number of ether oxygens (including phenoxy) is 2. The van der Waals surface area contributed by atoms with Crippen LogP contribution in [0.1, 0.15) is 50.2 Å². The molecule has 0 aliphatic carbocycles. The van der Waals surface area contributed by atoms with Gasteiger partial charge < -0.3 is 14.4 Å². The highest BCUT2D eigenvalue weighted by molar-refractivity contribution is 5.41. The number of hydrogen-bond donors (Lipinski definition) is 0. The molecule has 28 heavy (non-hydrogen) atoms. The molecule has 2 aromatic rings. The van der Waals surface area contributed by atoms with Gasteiger partial charge in [-0.2, -0.15) is 0 Å². The summed E-state index contributed by atoms with van der Waals surface area (Å²) in [5.74, 6) is 1.97. The topological polar surface area (TPSA) is 21.7 Å². The van der Waals surface area contributed by atoms with Gasteiger partial charge in [-0.1, -0.05) is 43.7 Å². The third-order valence-electron chi connectivity index (χ3n) is 5.70. The Morgan fingerprint density at radius 2 is 1.86 bits per heavy atom. The molecule has 1 aliphatic heterocycles. The van der Waals surface area contributed by atoms with Crippen LogP contribution < -0.4 is 9.47 Å². The van der Waals surface area contributed by atoms with Crippen molar-refractivity contribution in [2.24, 2.45) is 0 Å². The van der Waals surface area contributed by atoms with Gasteiger partial charge in [-0.05, 0) is 81.4 Å². The number of nitrogens with zero attached hydrogens (tertiary/aromatic N) is 1. The Morgan fingerprint density at radius 3 is 2.61 bits per heavy atom. The van der Waals surface area contributed by atoms with Crippen LogP contribution in [0.4, 0.5) is 0 Å². The molecule has 0 radical (unpaired) electrons. The van der Waals surface area contributed by atoms with E-state index in [0.717, 1.165) is 56.8 Å². The lowest BCUT2D eigenvalue weighted by Crippen LogP contribution is -2.26. The van der Waals surface area contributed by atoms with E-state index in [1.165, 1.54) is 30.5 Å². The summed E-state index contributed by atoms with van der Waals surface area (Å²) >= 11 is 0. The van der Waals surface area contributed by atoms with Crippen molar-refractivity contribution in [3.8, 4) is 11.5 Å². The largest absolute Gasteiger partial charge is 0.494 e. The van der Waals surface area contributed by atoms with E-state index in [-0.39, 0.29) is 0 Å². The average molecular weight is 382 g/mol. The van der Waals surface area contributed by atoms with E-state index in [1.807, 2.05) is 0 Å². The second kappa shape index (κ2) is 11.1. The zero-order valence-electron chi connectivity index (χ0n) is 17.5. The Kier molecular flexibility index (Phi) is 8.23. The second-order valence-corrected chi connectivity index (χ2v) is 7.87. The molecule has 0 aromatic heterocycles. The van der Waals surface area contributed by atoms with Gasteiger partial charge in [0, 0.05) is 6.04 Å². The lowest BCUT2D eigenvalue weighted by Gasteiger charge is -2.20. The van der Waals surface area contributed by atoms with Crippen LogP contribution in [-0.2, 0) is 12.8 Å². The van der Waals surface area contributed by atoms with Crippen molar-refractivity contribution in [3.63, 3.8) is 0 Å². The third-order valence-corrected chi connectivity index (χ3v) is 5.70. The molecular weight excluding hydrogens is 346 g/mol. The van der Waals surface area contributed by atoms with Crippen molar-refractivity contribution in [1.29, 1.82) is 0 Å². The summed E-state index contributed by atoms with van der Waals surface area (Å²) in [4.78, 5) is 2.46. The van der Waals surface area contributed by atoms with Gasteiger partial charge in [0.05, 0.1) is 13.2 Å². The number of likely N-dealkylation sites (tertiary alicyclic amines) is 1. The summed E-state index contributed by atoms with van der Waals surface area (Å²) in [5.41, 5.74) is 2.61. The van der Waals surface area contributed by atoms with Crippen molar-refractivity contribution in [1.82, 2.24) is 4.90 Å². The van der Waals surface area contributed by atoms with E-state index in [9.17, 15) is 0 Å². The van der Waals surface area contributed by atoms with Crippen molar-refractivity contribution in [3.05, 3.63) is 59.7 Å². The van der Waals surface area contributed by atoms with Crippen LogP contribution >= 0.6 is 0 Å². The second-order valence-electron chi connectivity index (χ2n) is 7.87. The molecule has 1 aliphatic rings. The minimum absolute atomic E-state index is 0.671. The fourth-order valence-electron chi connectivity index (χ4n) is 3.89. The van der Waals surface area contributed by atoms with Crippen LogP contribution in [-0.4, -0.2) is 37.7 Å². The van der Waals surface area contributed by atoms with Crippen molar-refractivity contribution in [2.75, 3.05) is 26.8 Å². The summed E-state index contributed by atoms with van der Waals surface area (Å²) in [5, 5.41) is 0. The average Bonchev–Trinajstić information content (AvgIpc) is 3.13. The number of aryl methyl sites for hydroxylation is 2. The fourth-order valence-corrected chi connectivity index (χ4v) is 3.89. The van der Waals surface area contributed by atoms with Gasteiger partial charge in [-0.15, -0.1) is 0 Å². The highest BCUT2D eigenvalue weighted by atomic mass is 16.5. The SMILES string of the molecule is CCCCOc1ccc(OCCC2CCCN2C)c(CCc2ccccc2)c1. The minimum Gasteiger partial charge on any atom is -0.494 e. The molecule has 0 bridgehead atoms. The summed E-state index contributed by atoms with van der Waals surface area (Å²) < 4.78 is 12.2. The standard InChI is InChI=1S/C25H35NO2/c1-3-4-18-27-24-14-15-25(28-19-16-23-11-8-17-26(23)2)22(20-24)13-12-21-9-6-5-7-10-21/h5-7,9-10,14-15,20,23H,3-4,8,11-13,16-19H2,1-2H3. The Balaban J connectivity index is 1.62. The molecule has 1 heterocycles. The van der Waals surface area contributed by atoms with E-state index in [0.29, 0.717) is 6.04 Å². The van der Waals surface area contributed by atoms with Crippen LogP contribution in [0.2, 0.25) is 0 Å². The molecule has 0 amide bonds. The first-order valence-electron chi connectivity index (χ1n) is 10.9. The molecule has 0 N–H and O–H groups in total. The van der Waals surface area contributed by atoms with Crippen LogP contribution in [0.3, 0.4) is 0 Å². The highest BCUT2D eigenvalue weighted by Gasteiger charge is 2.20. The number of unbranched alkanes of at least 4 members (excludes halogenated alkanes) is 1. The highest BCUT2D eigenvalue weighted by Crippen LogP contribution is 2.27. The monoisotopic (exact) mass is 381 g/mol. The predicted octanol–water partition coefficient (Wildman–Crippen LogP) is 5.51. The lowest BCUT2D eigenvalue weighted by atomic mass is 10.0. The van der Waals surface area contributed by atoms with Crippen LogP contribution in [0.15, 0.2) is 48.5 Å². The molecule has 152 valence electrons. The Hall–Kier alpha value is -2.00. The number of hydrogen-bond acceptors (Lipinski definition) is 3. The quantitative estimate of drug-likeness (QED) is 0.479. The van der Waals surface area contributed by atoms with E-state index >= 15 is 0 Å². The summed E-state index contributed by atoms with van der Waals surface area (Å²) in [6, 6.07) is 17.7. The maximum absolute atomic E-state index is 6.23. The van der Waals surface area contributed by atoms with Crippen molar-refractivity contribution < 1.29 is 9.47 Å². The Morgan fingerprint density at radius 1 is 1.00 bits per heavy atom. The molecule has 1 saturated heterocycles.